The van der Waals surface area contributed by atoms with Gasteiger partial charge >= 0.3 is 0 Å². The van der Waals surface area contributed by atoms with E-state index in [2.05, 4.69) is 0 Å². The van der Waals surface area contributed by atoms with Gasteiger partial charge in [0.1, 0.15) is 11.6 Å². The van der Waals surface area contributed by atoms with E-state index in [0.29, 0.717) is 24.3 Å². The molecule has 1 aromatic rings. The van der Waals surface area contributed by atoms with Crippen LogP contribution in [0.25, 0.3) is 0 Å². The first kappa shape index (κ1) is 13.9. The summed E-state index contributed by atoms with van der Waals surface area (Å²) in [7, 11) is 0. The van der Waals surface area contributed by atoms with Crippen molar-refractivity contribution in [2.75, 3.05) is 19.0 Å². The molecule has 94 valence electrons. The van der Waals surface area contributed by atoms with Crippen LogP contribution >= 0.6 is 11.8 Å². The largest absolute Gasteiger partial charge is 0.493 e. The van der Waals surface area contributed by atoms with Crippen molar-refractivity contribution in [2.45, 2.75) is 18.2 Å². The summed E-state index contributed by atoms with van der Waals surface area (Å²) in [5, 5.41) is 16.3. The molecule has 0 saturated carbocycles. The van der Waals surface area contributed by atoms with E-state index < -0.39 is 0 Å². The highest BCUT2D eigenvalue weighted by Crippen LogP contribution is 2.29. The van der Waals surface area contributed by atoms with Crippen LogP contribution in [-0.2, 0) is 0 Å². The Hall–Kier alpha value is -1.20. The van der Waals surface area contributed by atoms with E-state index in [9.17, 15) is 0 Å². The molecule has 1 rings (SSSR count). The van der Waals surface area contributed by atoms with Gasteiger partial charge in [-0.3, -0.25) is 5.41 Å². The van der Waals surface area contributed by atoms with Gasteiger partial charge in [-0.05, 0) is 17.9 Å². The first-order valence-corrected chi connectivity index (χ1v) is 6.53. The molecule has 1 aromatic carbocycles. The van der Waals surface area contributed by atoms with Crippen LogP contribution in [0.2, 0.25) is 0 Å². The third-order valence-electron chi connectivity index (χ3n) is 2.12. The first-order chi connectivity index (χ1) is 8.20. The monoisotopic (exact) mass is 254 g/mol. The topological polar surface area (TPSA) is 79.3 Å². The molecule has 0 atom stereocenters. The molecule has 0 aromatic heterocycles. The summed E-state index contributed by atoms with van der Waals surface area (Å²) < 4.78 is 5.53. The molecule has 4 nitrogen and oxygen atoms in total. The van der Waals surface area contributed by atoms with E-state index in [0.717, 1.165) is 10.6 Å². The molecule has 0 fully saturated rings. The lowest BCUT2D eigenvalue weighted by molar-refractivity contribution is 0.233. The lowest BCUT2D eigenvalue weighted by Crippen LogP contribution is -2.15. The summed E-state index contributed by atoms with van der Waals surface area (Å²) in [5.74, 6) is 1.55. The lowest BCUT2D eigenvalue weighted by Gasteiger charge is -2.13. The molecule has 0 aliphatic carbocycles. The number of nitrogens with one attached hydrogen (secondary N) is 1. The molecule has 0 heterocycles. The molecule has 0 amide bonds. The molecule has 0 bridgehead atoms. The minimum Gasteiger partial charge on any atom is -0.493 e. The quantitative estimate of drug-likeness (QED) is 0.300. The number of ether oxygens (including phenoxy) is 1. The van der Waals surface area contributed by atoms with Crippen LogP contribution in [0.3, 0.4) is 0 Å². The number of amidine groups is 1. The van der Waals surface area contributed by atoms with E-state index in [1.807, 2.05) is 19.1 Å². The van der Waals surface area contributed by atoms with Gasteiger partial charge in [0.05, 0.1) is 12.2 Å². The van der Waals surface area contributed by atoms with Gasteiger partial charge in [-0.15, -0.1) is 11.8 Å². The van der Waals surface area contributed by atoms with Crippen molar-refractivity contribution < 1.29 is 9.84 Å². The second-order valence-corrected chi connectivity index (χ2v) is 4.71. The van der Waals surface area contributed by atoms with Crippen LogP contribution in [0, 0.1) is 5.41 Å². The molecule has 0 saturated heterocycles. The maximum atomic E-state index is 8.71. The minimum absolute atomic E-state index is 0.0144. The van der Waals surface area contributed by atoms with Crippen molar-refractivity contribution >= 4 is 17.6 Å². The van der Waals surface area contributed by atoms with Crippen LogP contribution < -0.4 is 10.5 Å². The third kappa shape index (κ3) is 3.94. The zero-order valence-corrected chi connectivity index (χ0v) is 10.7. The number of hydrogen-bond donors (Lipinski definition) is 3. The van der Waals surface area contributed by atoms with Crippen LogP contribution in [0.5, 0.6) is 5.75 Å². The normalized spacial score (nSPS) is 10.2. The fraction of sp³-hybridized carbons (Fsp3) is 0.417. The standard InChI is InChI=1S/C12H18N2O2S/c1-2-17-10-6-3-5-9(11(10)12(13)14)16-8-4-7-15/h3,5-6,15H,2,4,7-8H2,1H3,(H3,13,14). The summed E-state index contributed by atoms with van der Waals surface area (Å²) in [5.41, 5.74) is 6.24. The average molecular weight is 254 g/mol. The number of nitrogens with two attached hydrogens (primary N) is 1. The van der Waals surface area contributed by atoms with E-state index >= 15 is 0 Å². The Labute approximate surface area is 106 Å². The molecular formula is C12H18N2O2S. The Morgan fingerprint density at radius 2 is 2.29 bits per heavy atom. The predicted octanol–water partition coefficient (Wildman–Crippen LogP) is 1.84. The molecule has 0 aliphatic rings. The van der Waals surface area contributed by atoms with Gasteiger partial charge in [0, 0.05) is 17.9 Å². The second kappa shape index (κ2) is 7.19. The van der Waals surface area contributed by atoms with E-state index in [4.69, 9.17) is 21.0 Å². The van der Waals surface area contributed by atoms with Gasteiger partial charge in [0.15, 0.2) is 0 Å². The molecule has 0 unspecified atom stereocenters. The smallest absolute Gasteiger partial charge is 0.131 e. The number of rotatable bonds is 7. The Morgan fingerprint density at radius 3 is 2.88 bits per heavy atom. The SMILES string of the molecule is CCSc1cccc(OCCCO)c1C(=N)N. The van der Waals surface area contributed by atoms with Gasteiger partial charge in [-0.1, -0.05) is 13.0 Å². The van der Waals surface area contributed by atoms with Gasteiger partial charge in [-0.2, -0.15) is 0 Å². The fourth-order valence-corrected chi connectivity index (χ4v) is 2.26. The predicted molar refractivity (Wildman–Crippen MR) is 71.1 cm³/mol. The van der Waals surface area contributed by atoms with E-state index in [1.165, 1.54) is 0 Å². The van der Waals surface area contributed by atoms with Gasteiger partial charge in [0.25, 0.3) is 0 Å². The van der Waals surface area contributed by atoms with Crippen LogP contribution in [0.15, 0.2) is 23.1 Å². The van der Waals surface area contributed by atoms with Crippen LogP contribution in [-0.4, -0.2) is 29.9 Å². The second-order valence-electron chi connectivity index (χ2n) is 3.40. The summed E-state index contributed by atoms with van der Waals surface area (Å²) >= 11 is 1.63. The van der Waals surface area contributed by atoms with Crippen molar-refractivity contribution in [1.29, 1.82) is 5.41 Å². The fourth-order valence-electron chi connectivity index (χ4n) is 1.42. The van der Waals surface area contributed by atoms with E-state index in [1.54, 1.807) is 17.8 Å². The molecule has 0 aliphatic heterocycles. The molecule has 0 radical (unpaired) electrons. The number of benzene rings is 1. The van der Waals surface area contributed by atoms with Gasteiger partial charge < -0.3 is 15.6 Å². The Kier molecular flexibility index (Phi) is 5.86. The Morgan fingerprint density at radius 1 is 1.53 bits per heavy atom. The molecule has 4 N–H and O–H groups in total. The summed E-state index contributed by atoms with van der Waals surface area (Å²) in [4.78, 5) is 0.960. The summed E-state index contributed by atoms with van der Waals surface area (Å²) in [6.45, 7) is 2.57. The number of thioether (sulfide) groups is 1. The lowest BCUT2D eigenvalue weighted by atomic mass is 10.2. The highest BCUT2D eigenvalue weighted by atomic mass is 32.2. The minimum atomic E-state index is 0.0144. The van der Waals surface area contributed by atoms with Crippen molar-refractivity contribution in [2.24, 2.45) is 5.73 Å². The summed E-state index contributed by atoms with van der Waals surface area (Å²) in [6, 6.07) is 5.62. The van der Waals surface area contributed by atoms with Crippen molar-refractivity contribution in [3.63, 3.8) is 0 Å². The molecule has 17 heavy (non-hydrogen) atoms. The Bertz CT molecular complexity index is 383. The van der Waals surface area contributed by atoms with Gasteiger partial charge in [0.2, 0.25) is 0 Å². The highest BCUT2D eigenvalue weighted by Gasteiger charge is 2.12. The number of aliphatic hydroxyl groups is 1. The van der Waals surface area contributed by atoms with Gasteiger partial charge in [-0.25, -0.2) is 0 Å². The molecule has 5 heteroatoms. The van der Waals surface area contributed by atoms with Crippen molar-refractivity contribution in [1.82, 2.24) is 0 Å². The average Bonchev–Trinajstić information content (AvgIpc) is 2.29. The van der Waals surface area contributed by atoms with E-state index in [-0.39, 0.29) is 12.4 Å². The Balaban J connectivity index is 2.94. The molecule has 0 spiro atoms. The number of aliphatic hydroxyl groups excluding tert-OH is 1. The summed E-state index contributed by atoms with van der Waals surface area (Å²) in [6.07, 6.45) is 0.572. The zero-order valence-electron chi connectivity index (χ0n) is 9.90. The third-order valence-corrected chi connectivity index (χ3v) is 3.06. The van der Waals surface area contributed by atoms with Crippen molar-refractivity contribution in [3.8, 4) is 5.75 Å². The molecular weight excluding hydrogens is 236 g/mol. The maximum Gasteiger partial charge on any atom is 0.131 e. The van der Waals surface area contributed by atoms with Crippen molar-refractivity contribution in [3.05, 3.63) is 23.8 Å². The highest BCUT2D eigenvalue weighted by molar-refractivity contribution is 7.99. The maximum absolute atomic E-state index is 8.71. The van der Waals surface area contributed by atoms with Crippen LogP contribution in [0.4, 0.5) is 0 Å². The number of hydrogen-bond acceptors (Lipinski definition) is 4. The first-order valence-electron chi connectivity index (χ1n) is 5.54. The zero-order chi connectivity index (χ0) is 12.7. The van der Waals surface area contributed by atoms with Crippen LogP contribution in [0.1, 0.15) is 18.9 Å². The number of nitrogen functional groups attached to an aromatic ring is 1.